The van der Waals surface area contributed by atoms with Crippen molar-refractivity contribution in [3.63, 3.8) is 0 Å². The van der Waals surface area contributed by atoms with Crippen molar-refractivity contribution in [3.05, 3.63) is 65.0 Å². The van der Waals surface area contributed by atoms with Crippen LogP contribution in [0.4, 0.5) is 41.2 Å². The number of carbonyl (C=O) groups is 1. The molecule has 1 saturated carbocycles. The average Bonchev–Trinajstić information content (AvgIpc) is 3.86. The first kappa shape index (κ1) is 30.3. The standard InChI is InChI=1S/C27H29F3N6O.C3H7NO2/c28-27(29,30)22-2-1-11-31-25(22)35-12-9-21-23(10-13-35)33-26(36-14-16-37-17-15-36)34-24(21)32-20-7-5-19(6-8-20)18-3-4-18;1-4(2)3(5)6/h1-2,5-8,11,18H,3-4,9-10,12-17H2,(H,32,33,34);1-2H3,(H,5,6). The Morgan fingerprint density at radius 1 is 1.00 bits per heavy atom. The number of nitrogens with one attached hydrogen (secondary N) is 1. The summed E-state index contributed by atoms with van der Waals surface area (Å²) in [5.74, 6) is 1.98. The number of anilines is 4. The number of pyridine rings is 1. The highest BCUT2D eigenvalue weighted by Gasteiger charge is 2.36. The molecule has 2 aromatic heterocycles. The van der Waals surface area contributed by atoms with Crippen molar-refractivity contribution in [1.29, 1.82) is 0 Å². The van der Waals surface area contributed by atoms with E-state index in [0.29, 0.717) is 69.9 Å². The van der Waals surface area contributed by atoms with E-state index in [0.717, 1.165) is 27.9 Å². The molecule has 2 fully saturated rings. The van der Waals surface area contributed by atoms with Gasteiger partial charge < -0.3 is 29.9 Å². The van der Waals surface area contributed by atoms with Gasteiger partial charge in [0.2, 0.25) is 5.95 Å². The summed E-state index contributed by atoms with van der Waals surface area (Å²) in [5.41, 5.74) is 3.38. The van der Waals surface area contributed by atoms with E-state index in [1.54, 1.807) is 4.90 Å². The largest absolute Gasteiger partial charge is 0.465 e. The minimum atomic E-state index is -4.47. The lowest BCUT2D eigenvalue weighted by Crippen LogP contribution is -2.37. The number of hydrogen-bond donors (Lipinski definition) is 2. The number of morpholine rings is 1. The third-order valence-corrected chi connectivity index (χ3v) is 7.62. The fourth-order valence-corrected chi connectivity index (χ4v) is 5.07. The fourth-order valence-electron chi connectivity index (χ4n) is 5.07. The molecule has 3 aliphatic rings. The molecule has 4 heterocycles. The lowest BCUT2D eigenvalue weighted by Gasteiger charge is -2.28. The lowest BCUT2D eigenvalue weighted by atomic mass is 10.1. The van der Waals surface area contributed by atoms with Crippen LogP contribution in [0, 0.1) is 0 Å². The molecule has 1 aliphatic carbocycles. The van der Waals surface area contributed by atoms with Gasteiger partial charge in [-0.1, -0.05) is 12.1 Å². The molecule has 10 nitrogen and oxygen atoms in total. The zero-order valence-corrected chi connectivity index (χ0v) is 24.3. The number of amides is 1. The second-order valence-corrected chi connectivity index (χ2v) is 11.0. The van der Waals surface area contributed by atoms with Gasteiger partial charge in [0.1, 0.15) is 11.6 Å². The predicted molar refractivity (Wildman–Crippen MR) is 157 cm³/mol. The van der Waals surface area contributed by atoms with E-state index in [9.17, 15) is 18.0 Å². The van der Waals surface area contributed by atoms with Crippen molar-refractivity contribution < 1.29 is 27.8 Å². The number of benzene rings is 1. The number of hydrogen-bond acceptors (Lipinski definition) is 8. The third-order valence-electron chi connectivity index (χ3n) is 7.62. The molecule has 0 atom stereocenters. The second kappa shape index (κ2) is 13.0. The van der Waals surface area contributed by atoms with Gasteiger partial charge >= 0.3 is 12.3 Å². The molecule has 1 amide bonds. The van der Waals surface area contributed by atoms with Crippen LogP contribution in [0.5, 0.6) is 0 Å². The van der Waals surface area contributed by atoms with Gasteiger partial charge in [0.15, 0.2) is 0 Å². The van der Waals surface area contributed by atoms with Crippen LogP contribution in [-0.4, -0.2) is 84.5 Å². The Morgan fingerprint density at radius 2 is 1.67 bits per heavy atom. The highest BCUT2D eigenvalue weighted by molar-refractivity contribution is 5.64. The topological polar surface area (TPSA) is 107 Å². The Kier molecular flexibility index (Phi) is 9.19. The number of carboxylic acid groups (broad SMARTS) is 1. The molecule has 0 bridgehead atoms. The molecular weight excluding hydrogens is 563 g/mol. The molecule has 0 radical (unpaired) electrons. The predicted octanol–water partition coefficient (Wildman–Crippen LogP) is 5.18. The highest BCUT2D eigenvalue weighted by Crippen LogP contribution is 2.40. The minimum absolute atomic E-state index is 0.0330. The van der Waals surface area contributed by atoms with Crippen molar-refractivity contribution in [2.75, 3.05) is 68.6 Å². The van der Waals surface area contributed by atoms with E-state index in [1.807, 2.05) is 0 Å². The van der Waals surface area contributed by atoms with Crippen molar-refractivity contribution in [2.24, 2.45) is 0 Å². The summed E-state index contributed by atoms with van der Waals surface area (Å²) in [6.07, 6.45) is -0.457. The maximum atomic E-state index is 13.7. The zero-order valence-electron chi connectivity index (χ0n) is 24.3. The van der Waals surface area contributed by atoms with Gasteiger partial charge in [0.25, 0.3) is 0 Å². The molecule has 0 unspecified atom stereocenters. The first-order valence-corrected chi connectivity index (χ1v) is 14.4. The van der Waals surface area contributed by atoms with Crippen LogP contribution in [0.1, 0.15) is 41.1 Å². The van der Waals surface area contributed by atoms with Gasteiger partial charge in [-0.15, -0.1) is 0 Å². The number of ether oxygens (including phenoxy) is 1. The number of rotatable bonds is 5. The molecule has 6 rings (SSSR count). The molecule has 1 aromatic carbocycles. The van der Waals surface area contributed by atoms with Crippen LogP contribution >= 0.6 is 0 Å². The number of aromatic nitrogens is 3. The Morgan fingerprint density at radius 3 is 2.30 bits per heavy atom. The van der Waals surface area contributed by atoms with Crippen LogP contribution in [-0.2, 0) is 23.8 Å². The molecule has 3 aromatic rings. The van der Waals surface area contributed by atoms with Gasteiger partial charge in [-0.25, -0.2) is 14.8 Å². The molecule has 0 spiro atoms. The van der Waals surface area contributed by atoms with E-state index in [-0.39, 0.29) is 5.82 Å². The van der Waals surface area contributed by atoms with Gasteiger partial charge in [-0.3, -0.25) is 0 Å². The minimum Gasteiger partial charge on any atom is -0.465 e. The van der Waals surface area contributed by atoms with Crippen molar-refractivity contribution >= 4 is 29.4 Å². The van der Waals surface area contributed by atoms with Gasteiger partial charge in [0.05, 0.1) is 24.5 Å². The first-order valence-electron chi connectivity index (χ1n) is 14.4. The molecule has 1 saturated heterocycles. The van der Waals surface area contributed by atoms with E-state index in [1.165, 1.54) is 44.8 Å². The quantitative estimate of drug-likeness (QED) is 0.410. The number of halogens is 3. The molecule has 43 heavy (non-hydrogen) atoms. The molecule has 230 valence electrons. The van der Waals surface area contributed by atoms with Gasteiger partial charge in [-0.05, 0) is 55.0 Å². The summed E-state index contributed by atoms with van der Waals surface area (Å²) in [6, 6.07) is 10.9. The van der Waals surface area contributed by atoms with Crippen LogP contribution in [0.3, 0.4) is 0 Å². The van der Waals surface area contributed by atoms with E-state index >= 15 is 0 Å². The maximum Gasteiger partial charge on any atom is 0.419 e. The van der Waals surface area contributed by atoms with Gasteiger partial charge in [0, 0.05) is 64.1 Å². The Hall–Kier alpha value is -4.13. The van der Waals surface area contributed by atoms with Crippen LogP contribution in [0.2, 0.25) is 0 Å². The first-order chi connectivity index (χ1) is 20.6. The summed E-state index contributed by atoms with van der Waals surface area (Å²) in [7, 11) is 2.95. The van der Waals surface area contributed by atoms with Crippen LogP contribution in [0.25, 0.3) is 0 Å². The van der Waals surface area contributed by atoms with E-state index in [4.69, 9.17) is 19.8 Å². The Labute approximate surface area is 248 Å². The summed E-state index contributed by atoms with van der Waals surface area (Å²) in [4.78, 5) is 28.4. The lowest BCUT2D eigenvalue weighted by molar-refractivity contribution is -0.137. The fraction of sp³-hybridized carbons (Fsp3) is 0.467. The molecule has 2 N–H and O–H groups in total. The number of alkyl halides is 3. The zero-order chi connectivity index (χ0) is 30.6. The Balaban J connectivity index is 0.000000559. The highest BCUT2D eigenvalue weighted by atomic mass is 19.4. The van der Waals surface area contributed by atoms with Crippen LogP contribution < -0.4 is 15.1 Å². The van der Waals surface area contributed by atoms with Crippen molar-refractivity contribution in [2.45, 2.75) is 37.8 Å². The van der Waals surface area contributed by atoms with E-state index in [2.05, 4.69) is 39.5 Å². The van der Waals surface area contributed by atoms with Gasteiger partial charge in [-0.2, -0.15) is 18.2 Å². The summed E-state index contributed by atoms with van der Waals surface area (Å²) >= 11 is 0. The molecule has 2 aliphatic heterocycles. The monoisotopic (exact) mass is 599 g/mol. The Bertz CT molecular complexity index is 1410. The van der Waals surface area contributed by atoms with E-state index < -0.39 is 17.8 Å². The molecular formula is C30H36F3N7O3. The summed E-state index contributed by atoms with van der Waals surface area (Å²) in [5, 5.41) is 11.4. The summed E-state index contributed by atoms with van der Waals surface area (Å²) in [6.45, 7) is 3.40. The second-order valence-electron chi connectivity index (χ2n) is 11.0. The average molecular weight is 600 g/mol. The van der Waals surface area contributed by atoms with Crippen LogP contribution in [0.15, 0.2) is 42.6 Å². The smallest absolute Gasteiger partial charge is 0.419 e. The normalized spacial score (nSPS) is 16.9. The third kappa shape index (κ3) is 7.64. The maximum absolute atomic E-state index is 13.7. The number of nitrogens with zero attached hydrogens (tertiary/aromatic N) is 6. The summed E-state index contributed by atoms with van der Waals surface area (Å²) < 4.78 is 46.6. The van der Waals surface area contributed by atoms with Crippen molar-refractivity contribution in [1.82, 2.24) is 19.9 Å². The SMILES string of the molecule is CN(C)C(=O)O.FC(F)(F)c1cccnc1N1CCc2nc(N3CCOCC3)nc(Nc3ccc(C4CC4)cc3)c2CC1. The number of fused-ring (bicyclic) bond motifs is 1. The van der Waals surface area contributed by atoms with Crippen molar-refractivity contribution in [3.8, 4) is 0 Å². The molecule has 13 heteroatoms.